The standard InChI is InChI=1S/C14H23BrN2S/c1-4-16-9-11-6-5-7-17(3)14(11)13-8-12(15)10(2)18-13/h8,11,14,16H,4-7,9H2,1-3H3. The summed E-state index contributed by atoms with van der Waals surface area (Å²) in [6.07, 6.45) is 2.67. The van der Waals surface area contributed by atoms with E-state index in [0.29, 0.717) is 6.04 Å². The van der Waals surface area contributed by atoms with E-state index in [4.69, 9.17) is 0 Å². The molecular weight excluding hydrogens is 308 g/mol. The van der Waals surface area contributed by atoms with Crippen molar-refractivity contribution < 1.29 is 0 Å². The van der Waals surface area contributed by atoms with Crippen molar-refractivity contribution >= 4 is 27.3 Å². The molecule has 2 nitrogen and oxygen atoms in total. The van der Waals surface area contributed by atoms with Crippen molar-refractivity contribution in [2.45, 2.75) is 32.7 Å². The van der Waals surface area contributed by atoms with E-state index in [0.717, 1.165) is 19.0 Å². The van der Waals surface area contributed by atoms with Crippen molar-refractivity contribution in [3.63, 3.8) is 0 Å². The van der Waals surface area contributed by atoms with Crippen LogP contribution in [0, 0.1) is 12.8 Å². The van der Waals surface area contributed by atoms with E-state index in [1.54, 1.807) is 0 Å². The van der Waals surface area contributed by atoms with Crippen LogP contribution in [0.25, 0.3) is 0 Å². The Morgan fingerprint density at radius 1 is 1.56 bits per heavy atom. The number of likely N-dealkylation sites (tertiary alicyclic amines) is 1. The number of hydrogen-bond donors (Lipinski definition) is 1. The molecule has 1 saturated heterocycles. The number of thiophene rings is 1. The fourth-order valence-electron chi connectivity index (χ4n) is 2.88. The molecule has 102 valence electrons. The van der Waals surface area contributed by atoms with Crippen LogP contribution in [-0.2, 0) is 0 Å². The molecule has 1 aromatic heterocycles. The number of aryl methyl sites for hydroxylation is 1. The summed E-state index contributed by atoms with van der Waals surface area (Å²) in [5.41, 5.74) is 0. The van der Waals surface area contributed by atoms with Crippen LogP contribution in [0.3, 0.4) is 0 Å². The molecule has 2 heterocycles. The second-order valence-corrected chi connectivity index (χ2v) is 7.33. The fraction of sp³-hybridized carbons (Fsp3) is 0.714. The Hall–Kier alpha value is 0.1000. The lowest BCUT2D eigenvalue weighted by Gasteiger charge is -2.39. The molecule has 2 rings (SSSR count). The van der Waals surface area contributed by atoms with Gasteiger partial charge in [0.1, 0.15) is 0 Å². The van der Waals surface area contributed by atoms with Crippen molar-refractivity contribution in [1.29, 1.82) is 0 Å². The molecule has 0 bridgehead atoms. The van der Waals surface area contributed by atoms with Crippen LogP contribution in [0.5, 0.6) is 0 Å². The van der Waals surface area contributed by atoms with Crippen LogP contribution < -0.4 is 5.32 Å². The lowest BCUT2D eigenvalue weighted by Crippen LogP contribution is -2.40. The number of nitrogens with zero attached hydrogens (tertiary/aromatic N) is 1. The van der Waals surface area contributed by atoms with Gasteiger partial charge in [0.2, 0.25) is 0 Å². The summed E-state index contributed by atoms with van der Waals surface area (Å²) >= 11 is 5.60. The van der Waals surface area contributed by atoms with E-state index in [1.165, 1.54) is 33.6 Å². The Morgan fingerprint density at radius 3 is 2.94 bits per heavy atom. The van der Waals surface area contributed by atoms with Crippen molar-refractivity contribution in [2.24, 2.45) is 5.92 Å². The van der Waals surface area contributed by atoms with Crippen LogP contribution in [0.15, 0.2) is 10.5 Å². The van der Waals surface area contributed by atoms with Gasteiger partial charge in [-0.1, -0.05) is 6.92 Å². The molecular formula is C14H23BrN2S. The van der Waals surface area contributed by atoms with E-state index in [9.17, 15) is 0 Å². The summed E-state index contributed by atoms with van der Waals surface area (Å²) < 4.78 is 1.27. The quantitative estimate of drug-likeness (QED) is 0.902. The maximum absolute atomic E-state index is 3.65. The number of halogens is 1. The smallest absolute Gasteiger partial charge is 0.0479 e. The van der Waals surface area contributed by atoms with Crippen molar-refractivity contribution in [2.75, 3.05) is 26.7 Å². The van der Waals surface area contributed by atoms with Gasteiger partial charge < -0.3 is 5.32 Å². The van der Waals surface area contributed by atoms with E-state index in [2.05, 4.69) is 53.1 Å². The molecule has 0 saturated carbocycles. The van der Waals surface area contributed by atoms with Crippen LogP contribution in [-0.4, -0.2) is 31.6 Å². The third-order valence-electron chi connectivity index (χ3n) is 3.83. The topological polar surface area (TPSA) is 15.3 Å². The normalized spacial score (nSPS) is 25.6. The Kier molecular flexibility index (Phi) is 5.24. The maximum atomic E-state index is 3.65. The molecule has 4 heteroatoms. The fourth-order valence-corrected chi connectivity index (χ4v) is 4.70. The van der Waals surface area contributed by atoms with Crippen molar-refractivity contribution in [3.05, 3.63) is 20.3 Å². The summed E-state index contributed by atoms with van der Waals surface area (Å²) in [6, 6.07) is 2.92. The minimum atomic E-state index is 0.591. The van der Waals surface area contributed by atoms with Crippen LogP contribution >= 0.6 is 27.3 Å². The van der Waals surface area contributed by atoms with Gasteiger partial charge in [0.25, 0.3) is 0 Å². The van der Waals surface area contributed by atoms with Gasteiger partial charge in [-0.25, -0.2) is 0 Å². The average molecular weight is 331 g/mol. The summed E-state index contributed by atoms with van der Waals surface area (Å²) in [4.78, 5) is 5.44. The van der Waals surface area contributed by atoms with Crippen LogP contribution in [0.1, 0.15) is 35.6 Å². The molecule has 0 aliphatic carbocycles. The van der Waals surface area contributed by atoms with Gasteiger partial charge >= 0.3 is 0 Å². The monoisotopic (exact) mass is 330 g/mol. The van der Waals surface area contributed by atoms with Gasteiger partial charge in [0, 0.05) is 20.3 Å². The predicted molar refractivity (Wildman–Crippen MR) is 83.4 cm³/mol. The predicted octanol–water partition coefficient (Wildman–Crippen LogP) is 3.81. The molecule has 1 aliphatic rings. The SMILES string of the molecule is CCNCC1CCCN(C)C1c1cc(Br)c(C)s1. The molecule has 1 fully saturated rings. The number of piperidine rings is 1. The molecule has 1 aromatic rings. The molecule has 18 heavy (non-hydrogen) atoms. The lowest BCUT2D eigenvalue weighted by atomic mass is 9.88. The van der Waals surface area contributed by atoms with E-state index >= 15 is 0 Å². The summed E-state index contributed by atoms with van der Waals surface area (Å²) in [7, 11) is 2.27. The zero-order valence-corrected chi connectivity index (χ0v) is 13.9. The minimum Gasteiger partial charge on any atom is -0.317 e. The first-order valence-electron chi connectivity index (χ1n) is 6.80. The number of nitrogens with one attached hydrogen (secondary N) is 1. The first kappa shape index (κ1) is 14.5. The zero-order valence-electron chi connectivity index (χ0n) is 11.5. The molecule has 0 spiro atoms. The number of rotatable bonds is 4. The van der Waals surface area contributed by atoms with Gasteiger partial charge in [-0.05, 0) is 74.4 Å². The Bertz CT molecular complexity index is 372. The van der Waals surface area contributed by atoms with E-state index in [1.807, 2.05) is 11.3 Å². The van der Waals surface area contributed by atoms with Gasteiger partial charge in [-0.3, -0.25) is 4.90 Å². The first-order valence-corrected chi connectivity index (χ1v) is 8.41. The van der Waals surface area contributed by atoms with Crippen molar-refractivity contribution in [1.82, 2.24) is 10.2 Å². The van der Waals surface area contributed by atoms with E-state index < -0.39 is 0 Å². The summed E-state index contributed by atoms with van der Waals surface area (Å²) in [6.45, 7) is 7.82. The van der Waals surface area contributed by atoms with Gasteiger partial charge in [0.05, 0.1) is 0 Å². The minimum absolute atomic E-state index is 0.591. The van der Waals surface area contributed by atoms with Crippen LogP contribution in [0.2, 0.25) is 0 Å². The maximum Gasteiger partial charge on any atom is 0.0479 e. The second kappa shape index (κ2) is 6.51. The molecule has 2 unspecified atom stereocenters. The lowest BCUT2D eigenvalue weighted by molar-refractivity contribution is 0.122. The molecule has 1 N–H and O–H groups in total. The molecule has 0 radical (unpaired) electrons. The first-order chi connectivity index (χ1) is 8.63. The summed E-state index contributed by atoms with van der Waals surface area (Å²) in [5, 5.41) is 3.53. The second-order valence-electron chi connectivity index (χ2n) is 5.19. The molecule has 2 atom stereocenters. The largest absolute Gasteiger partial charge is 0.317 e. The summed E-state index contributed by atoms with van der Waals surface area (Å²) in [5.74, 6) is 0.744. The Morgan fingerprint density at radius 2 is 2.33 bits per heavy atom. The highest BCUT2D eigenvalue weighted by Gasteiger charge is 2.31. The Labute approximate surface area is 123 Å². The van der Waals surface area contributed by atoms with E-state index in [-0.39, 0.29) is 0 Å². The zero-order chi connectivity index (χ0) is 13.1. The third-order valence-corrected chi connectivity index (χ3v) is 6.04. The highest BCUT2D eigenvalue weighted by Crippen LogP contribution is 2.40. The van der Waals surface area contributed by atoms with Gasteiger partial charge in [0.15, 0.2) is 0 Å². The van der Waals surface area contributed by atoms with Crippen LogP contribution in [0.4, 0.5) is 0 Å². The highest BCUT2D eigenvalue weighted by atomic mass is 79.9. The Balaban J connectivity index is 2.18. The third kappa shape index (κ3) is 3.16. The highest BCUT2D eigenvalue weighted by molar-refractivity contribution is 9.10. The number of hydrogen-bond acceptors (Lipinski definition) is 3. The van der Waals surface area contributed by atoms with Gasteiger partial charge in [-0.2, -0.15) is 0 Å². The van der Waals surface area contributed by atoms with Crippen molar-refractivity contribution in [3.8, 4) is 0 Å². The molecule has 0 amide bonds. The molecule has 0 aromatic carbocycles. The average Bonchev–Trinajstić information content (AvgIpc) is 2.66. The molecule has 1 aliphatic heterocycles. The van der Waals surface area contributed by atoms with Gasteiger partial charge in [-0.15, -0.1) is 11.3 Å².